The first kappa shape index (κ1) is 24.4. The van der Waals surface area contributed by atoms with Crippen molar-refractivity contribution >= 4 is 17.5 Å². The highest BCUT2D eigenvalue weighted by Crippen LogP contribution is 2.31. The Morgan fingerprint density at radius 1 is 1.05 bits per heavy atom. The van der Waals surface area contributed by atoms with E-state index in [-0.39, 0.29) is 24.3 Å². The van der Waals surface area contributed by atoms with Gasteiger partial charge in [0.05, 0.1) is 0 Å². The molecule has 0 saturated heterocycles. The van der Waals surface area contributed by atoms with E-state index < -0.39 is 17.8 Å². The molecule has 1 atom stereocenters. The lowest BCUT2D eigenvalue weighted by Crippen LogP contribution is -2.47. The molecule has 3 heterocycles. The smallest absolute Gasteiger partial charge is 0.251 e. The normalized spacial score (nSPS) is 14.6. The number of nitrogens with one attached hydrogen (secondary N) is 1. The molecule has 37 heavy (non-hydrogen) atoms. The van der Waals surface area contributed by atoms with Crippen LogP contribution in [0.25, 0.3) is 11.6 Å². The molecule has 0 unspecified atom stereocenters. The van der Waals surface area contributed by atoms with Crippen LogP contribution in [0.1, 0.15) is 49.0 Å². The molecule has 1 saturated carbocycles. The van der Waals surface area contributed by atoms with E-state index in [0.717, 1.165) is 30.5 Å². The van der Waals surface area contributed by atoms with E-state index in [2.05, 4.69) is 20.7 Å². The van der Waals surface area contributed by atoms with Gasteiger partial charge in [-0.3, -0.25) is 14.5 Å². The van der Waals surface area contributed by atoms with Crippen molar-refractivity contribution in [3.05, 3.63) is 71.6 Å². The Bertz CT molecular complexity index is 1390. The minimum Gasteiger partial charge on any atom is -0.464 e. The second-order valence-corrected chi connectivity index (χ2v) is 9.13. The third-order valence-electron chi connectivity index (χ3n) is 6.30. The molecule has 10 nitrogen and oxygen atoms in total. The van der Waals surface area contributed by atoms with Gasteiger partial charge in [0.2, 0.25) is 5.82 Å². The predicted octanol–water partition coefficient (Wildman–Crippen LogP) is 4.12. The van der Waals surface area contributed by atoms with Crippen molar-refractivity contribution in [3.63, 3.8) is 0 Å². The zero-order valence-corrected chi connectivity index (χ0v) is 20.6. The van der Waals surface area contributed by atoms with Crippen molar-refractivity contribution < 1.29 is 22.8 Å². The average molecular weight is 507 g/mol. The molecule has 4 aromatic rings. The Kier molecular flexibility index (Phi) is 6.85. The Morgan fingerprint density at radius 3 is 2.41 bits per heavy atom. The number of hydrogen-bond donors (Lipinski definition) is 1. The van der Waals surface area contributed by atoms with Gasteiger partial charge in [0.1, 0.15) is 29.6 Å². The van der Waals surface area contributed by atoms with Crippen LogP contribution in [0.4, 0.5) is 10.1 Å². The van der Waals surface area contributed by atoms with Crippen molar-refractivity contribution in [1.29, 1.82) is 0 Å². The maximum atomic E-state index is 13.8. The minimum absolute atomic E-state index is 0.0209. The monoisotopic (exact) mass is 506 g/mol. The molecule has 192 valence electrons. The maximum Gasteiger partial charge on any atom is 0.251 e. The molecule has 1 N–H and O–H groups in total. The van der Waals surface area contributed by atoms with Gasteiger partial charge in [-0.25, -0.2) is 4.39 Å². The van der Waals surface area contributed by atoms with Crippen molar-refractivity contribution in [2.75, 3.05) is 4.90 Å². The third kappa shape index (κ3) is 5.45. The highest BCUT2D eigenvalue weighted by molar-refractivity contribution is 6.01. The molecule has 1 fully saturated rings. The zero-order chi connectivity index (χ0) is 25.9. The number of rotatable bonds is 8. The fourth-order valence-corrected chi connectivity index (χ4v) is 4.52. The van der Waals surface area contributed by atoms with E-state index in [1.807, 2.05) is 0 Å². The van der Waals surface area contributed by atoms with E-state index in [1.54, 1.807) is 38.1 Å². The number of anilines is 1. The molecule has 1 aromatic carbocycles. The van der Waals surface area contributed by atoms with Crippen LogP contribution in [-0.2, 0) is 16.1 Å². The van der Waals surface area contributed by atoms with Gasteiger partial charge in [-0.05, 0) is 80.4 Å². The number of hydrogen-bond acceptors (Lipinski definition) is 7. The Morgan fingerprint density at radius 2 is 1.76 bits per heavy atom. The molecule has 1 aliphatic carbocycles. The molecular formula is C26H27FN6O4. The maximum absolute atomic E-state index is 13.8. The number of amides is 2. The van der Waals surface area contributed by atoms with E-state index >= 15 is 0 Å². The van der Waals surface area contributed by atoms with Crippen LogP contribution in [0.5, 0.6) is 0 Å². The quantitative estimate of drug-likeness (QED) is 0.382. The number of carbonyl (C=O) groups is 2. The molecule has 2 amide bonds. The van der Waals surface area contributed by atoms with Crippen LogP contribution in [0.2, 0.25) is 0 Å². The lowest BCUT2D eigenvalue weighted by atomic mass is 10.1. The SMILES string of the molecule is Cc1ccc(-c2nnn(CC(=O)N(c3ccc(F)cc3)[C@H](C(=O)NC3CCCC3)c3ccc(C)o3)n2)o1. The molecule has 0 aliphatic heterocycles. The van der Waals surface area contributed by atoms with Crippen molar-refractivity contribution in [2.45, 2.75) is 58.2 Å². The first-order chi connectivity index (χ1) is 17.9. The third-order valence-corrected chi connectivity index (χ3v) is 6.30. The summed E-state index contributed by atoms with van der Waals surface area (Å²) in [6.45, 7) is 3.23. The molecule has 0 spiro atoms. The summed E-state index contributed by atoms with van der Waals surface area (Å²) in [6.07, 6.45) is 3.81. The number of nitrogens with zero attached hydrogens (tertiary/aromatic N) is 5. The lowest BCUT2D eigenvalue weighted by molar-refractivity contribution is -0.128. The summed E-state index contributed by atoms with van der Waals surface area (Å²) >= 11 is 0. The Balaban J connectivity index is 1.49. The summed E-state index contributed by atoms with van der Waals surface area (Å²) in [5, 5.41) is 15.3. The number of benzene rings is 1. The number of furan rings is 2. The van der Waals surface area contributed by atoms with Crippen molar-refractivity contribution in [1.82, 2.24) is 25.5 Å². The number of aryl methyl sites for hydroxylation is 2. The number of halogens is 1. The van der Waals surface area contributed by atoms with Gasteiger partial charge in [-0.2, -0.15) is 4.80 Å². The van der Waals surface area contributed by atoms with E-state index in [1.165, 1.54) is 29.2 Å². The van der Waals surface area contributed by atoms with E-state index in [9.17, 15) is 14.0 Å². The molecule has 0 bridgehead atoms. The van der Waals surface area contributed by atoms with Crippen molar-refractivity contribution in [3.8, 4) is 11.6 Å². The van der Waals surface area contributed by atoms with E-state index in [0.29, 0.717) is 28.7 Å². The van der Waals surface area contributed by atoms with Gasteiger partial charge >= 0.3 is 0 Å². The molecule has 5 rings (SSSR count). The fourth-order valence-electron chi connectivity index (χ4n) is 4.52. The Labute approximate surface area is 212 Å². The Hall–Kier alpha value is -4.28. The fraction of sp³-hybridized carbons (Fsp3) is 0.346. The average Bonchev–Trinajstić information content (AvgIpc) is 3.67. The van der Waals surface area contributed by atoms with Crippen molar-refractivity contribution in [2.24, 2.45) is 0 Å². The largest absolute Gasteiger partial charge is 0.464 e. The molecular weight excluding hydrogens is 479 g/mol. The highest BCUT2D eigenvalue weighted by Gasteiger charge is 2.36. The lowest BCUT2D eigenvalue weighted by Gasteiger charge is -2.30. The summed E-state index contributed by atoms with van der Waals surface area (Å²) in [5.41, 5.74) is 0.328. The number of aromatic nitrogens is 4. The van der Waals surface area contributed by atoms with Gasteiger partial charge in [0, 0.05) is 11.7 Å². The number of tetrazole rings is 1. The van der Waals surface area contributed by atoms with Crippen LogP contribution in [0.3, 0.4) is 0 Å². The summed E-state index contributed by atoms with van der Waals surface area (Å²) in [5.74, 6) is 0.880. The zero-order valence-electron chi connectivity index (χ0n) is 20.6. The predicted molar refractivity (Wildman–Crippen MR) is 131 cm³/mol. The first-order valence-corrected chi connectivity index (χ1v) is 12.2. The van der Waals surface area contributed by atoms with Crippen LogP contribution < -0.4 is 10.2 Å². The number of carbonyl (C=O) groups excluding carboxylic acids is 2. The summed E-state index contributed by atoms with van der Waals surface area (Å²) in [6, 6.07) is 11.2. The standard InChI is InChI=1S/C26H27FN6O4/c1-16-7-13-21(36-16)24(26(35)28-19-5-3-4-6-19)33(20-11-9-18(27)10-12-20)23(34)15-32-30-25(29-31-32)22-14-8-17(2)37-22/h7-14,19,24H,3-6,15H2,1-2H3,(H,28,35)/t24-/m0/s1. The van der Waals surface area contributed by atoms with Gasteiger partial charge < -0.3 is 14.2 Å². The van der Waals surface area contributed by atoms with Crippen LogP contribution in [0.15, 0.2) is 57.4 Å². The van der Waals surface area contributed by atoms with Gasteiger partial charge in [-0.1, -0.05) is 12.8 Å². The first-order valence-electron chi connectivity index (χ1n) is 12.2. The van der Waals surface area contributed by atoms with Crippen LogP contribution in [-0.4, -0.2) is 38.1 Å². The van der Waals surface area contributed by atoms with Crippen LogP contribution in [0, 0.1) is 19.7 Å². The molecule has 1 aliphatic rings. The van der Waals surface area contributed by atoms with Crippen LogP contribution >= 0.6 is 0 Å². The summed E-state index contributed by atoms with van der Waals surface area (Å²) < 4.78 is 25.1. The van der Waals surface area contributed by atoms with E-state index in [4.69, 9.17) is 8.83 Å². The minimum atomic E-state index is -1.12. The van der Waals surface area contributed by atoms with Gasteiger partial charge in [-0.15, -0.1) is 10.2 Å². The molecule has 11 heteroatoms. The van der Waals surface area contributed by atoms with Gasteiger partial charge in [0.15, 0.2) is 11.8 Å². The molecule has 0 radical (unpaired) electrons. The molecule has 3 aromatic heterocycles. The van der Waals surface area contributed by atoms with Gasteiger partial charge in [0.25, 0.3) is 11.8 Å². The summed E-state index contributed by atoms with van der Waals surface area (Å²) in [7, 11) is 0. The second kappa shape index (κ2) is 10.4. The second-order valence-electron chi connectivity index (χ2n) is 9.13. The topological polar surface area (TPSA) is 119 Å². The summed E-state index contributed by atoms with van der Waals surface area (Å²) in [4.78, 5) is 29.8. The highest BCUT2D eigenvalue weighted by atomic mass is 19.1.